The Morgan fingerprint density at radius 1 is 1.32 bits per heavy atom. The summed E-state index contributed by atoms with van der Waals surface area (Å²) >= 11 is 0. The van der Waals surface area contributed by atoms with Gasteiger partial charge in [0.2, 0.25) is 0 Å². The van der Waals surface area contributed by atoms with Crippen molar-refractivity contribution >= 4 is 22.9 Å². The fourth-order valence-electron chi connectivity index (χ4n) is 2.82. The van der Waals surface area contributed by atoms with E-state index in [1.807, 2.05) is 36.5 Å². The van der Waals surface area contributed by atoms with Gasteiger partial charge >= 0.3 is 0 Å². The molecular formula is C21H21N3O4. The molecule has 0 spiro atoms. The van der Waals surface area contributed by atoms with E-state index in [1.54, 1.807) is 12.1 Å². The number of amides is 1. The highest BCUT2D eigenvalue weighted by Crippen LogP contribution is 2.18. The van der Waals surface area contributed by atoms with Gasteiger partial charge in [-0.05, 0) is 30.2 Å². The molecule has 2 heterocycles. The van der Waals surface area contributed by atoms with Gasteiger partial charge in [0, 0.05) is 29.7 Å². The average Bonchev–Trinajstić information content (AvgIpc) is 3.33. The van der Waals surface area contributed by atoms with Crippen molar-refractivity contribution in [1.82, 2.24) is 10.3 Å². The Balaban J connectivity index is 1.56. The van der Waals surface area contributed by atoms with Crippen LogP contribution in [0, 0.1) is 11.3 Å². The van der Waals surface area contributed by atoms with Crippen molar-refractivity contribution in [1.29, 1.82) is 5.26 Å². The molecule has 0 aliphatic carbocycles. The number of nitrogens with zero attached hydrogens (tertiary/aromatic N) is 1. The topological polar surface area (TPSA) is 111 Å². The Labute approximate surface area is 162 Å². The van der Waals surface area contributed by atoms with Gasteiger partial charge in [0.15, 0.2) is 0 Å². The second-order valence-corrected chi connectivity index (χ2v) is 6.12. The fraction of sp³-hybridized carbons (Fsp3) is 0.238. The third kappa shape index (κ3) is 4.88. The largest absolute Gasteiger partial charge is 0.459 e. The van der Waals surface area contributed by atoms with Crippen LogP contribution in [0.25, 0.3) is 17.0 Å². The van der Waals surface area contributed by atoms with Crippen molar-refractivity contribution in [3.63, 3.8) is 0 Å². The number of nitrogens with one attached hydrogen (secondary N) is 2. The Morgan fingerprint density at radius 2 is 2.18 bits per heavy atom. The first-order valence-electron chi connectivity index (χ1n) is 8.93. The van der Waals surface area contributed by atoms with Gasteiger partial charge in [0.25, 0.3) is 5.91 Å². The number of fused-ring (bicyclic) bond motifs is 1. The third-order valence-corrected chi connectivity index (χ3v) is 4.17. The lowest BCUT2D eigenvalue weighted by atomic mass is 10.1. The number of carbonyl (C=O) groups is 1. The monoisotopic (exact) mass is 379 g/mol. The number of rotatable bonds is 9. The van der Waals surface area contributed by atoms with Gasteiger partial charge < -0.3 is 24.6 Å². The molecule has 3 aromatic rings. The van der Waals surface area contributed by atoms with Gasteiger partial charge in [-0.1, -0.05) is 18.2 Å². The highest BCUT2D eigenvalue weighted by molar-refractivity contribution is 6.01. The van der Waals surface area contributed by atoms with Crippen LogP contribution >= 0.6 is 0 Å². The molecule has 0 atom stereocenters. The molecule has 0 fully saturated rings. The molecule has 3 rings (SSSR count). The normalized spacial score (nSPS) is 11.5. The second kappa shape index (κ2) is 9.55. The summed E-state index contributed by atoms with van der Waals surface area (Å²) in [7, 11) is 0. The van der Waals surface area contributed by atoms with Crippen LogP contribution in [0.5, 0.6) is 0 Å². The van der Waals surface area contributed by atoms with Gasteiger partial charge in [-0.25, -0.2) is 0 Å². The summed E-state index contributed by atoms with van der Waals surface area (Å²) in [6, 6.07) is 13.2. The maximum Gasteiger partial charge on any atom is 0.262 e. The van der Waals surface area contributed by atoms with E-state index < -0.39 is 5.91 Å². The van der Waals surface area contributed by atoms with Crippen LogP contribution in [0.2, 0.25) is 0 Å². The molecule has 7 nitrogen and oxygen atoms in total. The first-order valence-corrected chi connectivity index (χ1v) is 8.93. The number of aliphatic hydroxyl groups is 1. The van der Waals surface area contributed by atoms with E-state index in [2.05, 4.69) is 10.3 Å². The molecule has 3 N–H and O–H groups in total. The maximum atomic E-state index is 12.3. The number of furan rings is 1. The minimum Gasteiger partial charge on any atom is -0.459 e. The SMILES string of the molecule is N#C/C(=C\c1ccc(COCCO)o1)C(=O)NCCc1c[nH]c2ccccc12. The number of aliphatic hydroxyl groups excluding tert-OH is 1. The molecule has 0 radical (unpaired) electrons. The van der Waals surface area contributed by atoms with E-state index in [0.29, 0.717) is 24.5 Å². The van der Waals surface area contributed by atoms with Gasteiger partial charge in [-0.15, -0.1) is 0 Å². The van der Waals surface area contributed by atoms with Crippen molar-refractivity contribution in [3.05, 3.63) is 65.3 Å². The van der Waals surface area contributed by atoms with E-state index in [0.717, 1.165) is 16.5 Å². The Kier molecular flexibility index (Phi) is 6.63. The van der Waals surface area contributed by atoms with E-state index >= 15 is 0 Å². The van der Waals surface area contributed by atoms with Gasteiger partial charge in [-0.3, -0.25) is 4.79 Å². The van der Waals surface area contributed by atoms with Crippen LogP contribution in [-0.2, 0) is 22.6 Å². The van der Waals surface area contributed by atoms with Gasteiger partial charge in [0.05, 0.1) is 13.2 Å². The molecule has 1 amide bonds. The molecule has 0 bridgehead atoms. The minimum absolute atomic E-state index is 0.0314. The highest BCUT2D eigenvalue weighted by atomic mass is 16.5. The quantitative estimate of drug-likeness (QED) is 0.301. The predicted octanol–water partition coefficient (Wildman–Crippen LogP) is 2.54. The molecule has 144 valence electrons. The average molecular weight is 379 g/mol. The van der Waals surface area contributed by atoms with E-state index in [-0.39, 0.29) is 25.4 Å². The molecule has 0 aliphatic heterocycles. The number of nitriles is 1. The van der Waals surface area contributed by atoms with Crippen LogP contribution in [0.3, 0.4) is 0 Å². The van der Waals surface area contributed by atoms with Crippen LogP contribution in [0.1, 0.15) is 17.1 Å². The number of carbonyl (C=O) groups excluding carboxylic acids is 1. The lowest BCUT2D eigenvalue weighted by molar-refractivity contribution is -0.117. The fourth-order valence-corrected chi connectivity index (χ4v) is 2.82. The number of aromatic amines is 1. The summed E-state index contributed by atoms with van der Waals surface area (Å²) < 4.78 is 10.7. The minimum atomic E-state index is -0.447. The van der Waals surface area contributed by atoms with Gasteiger partial charge in [0.1, 0.15) is 29.8 Å². The van der Waals surface area contributed by atoms with E-state index in [1.165, 1.54) is 6.08 Å². The van der Waals surface area contributed by atoms with Crippen LogP contribution in [-0.4, -0.2) is 35.8 Å². The molecule has 1 aromatic carbocycles. The Bertz CT molecular complexity index is 1010. The molecular weight excluding hydrogens is 358 g/mol. The lowest BCUT2D eigenvalue weighted by Gasteiger charge is -2.03. The summed E-state index contributed by atoms with van der Waals surface area (Å²) in [4.78, 5) is 15.5. The number of hydrogen-bond donors (Lipinski definition) is 3. The van der Waals surface area contributed by atoms with Gasteiger partial charge in [-0.2, -0.15) is 5.26 Å². The summed E-state index contributed by atoms with van der Waals surface area (Å²) in [5.74, 6) is 0.500. The number of ether oxygens (including phenoxy) is 1. The summed E-state index contributed by atoms with van der Waals surface area (Å²) in [5.41, 5.74) is 2.13. The zero-order valence-electron chi connectivity index (χ0n) is 15.3. The lowest BCUT2D eigenvalue weighted by Crippen LogP contribution is -2.26. The zero-order valence-corrected chi connectivity index (χ0v) is 15.3. The Hall–Kier alpha value is -3.34. The smallest absolute Gasteiger partial charge is 0.262 e. The van der Waals surface area contributed by atoms with Crippen molar-refractivity contribution < 1.29 is 19.1 Å². The number of H-pyrrole nitrogens is 1. The van der Waals surface area contributed by atoms with Crippen molar-refractivity contribution in [2.45, 2.75) is 13.0 Å². The number of hydrogen-bond acceptors (Lipinski definition) is 5. The van der Waals surface area contributed by atoms with Crippen LogP contribution < -0.4 is 5.32 Å². The molecule has 28 heavy (non-hydrogen) atoms. The zero-order chi connectivity index (χ0) is 19.8. The molecule has 0 saturated carbocycles. The number of para-hydroxylation sites is 1. The maximum absolute atomic E-state index is 12.3. The Morgan fingerprint density at radius 3 is 3.00 bits per heavy atom. The van der Waals surface area contributed by atoms with Crippen LogP contribution in [0.4, 0.5) is 0 Å². The van der Waals surface area contributed by atoms with Crippen LogP contribution in [0.15, 0.2) is 52.6 Å². The second-order valence-electron chi connectivity index (χ2n) is 6.12. The molecule has 0 unspecified atom stereocenters. The highest BCUT2D eigenvalue weighted by Gasteiger charge is 2.11. The summed E-state index contributed by atoms with van der Waals surface area (Å²) in [6.45, 7) is 0.782. The third-order valence-electron chi connectivity index (χ3n) is 4.17. The number of aromatic nitrogens is 1. The molecule has 2 aromatic heterocycles. The van der Waals surface area contributed by atoms with Crippen molar-refractivity contribution in [2.24, 2.45) is 0 Å². The summed E-state index contributed by atoms with van der Waals surface area (Å²) in [5, 5.41) is 21.9. The van der Waals surface area contributed by atoms with E-state index in [4.69, 9.17) is 14.3 Å². The summed E-state index contributed by atoms with van der Waals surface area (Å²) in [6.07, 6.45) is 3.99. The first kappa shape index (κ1) is 19.4. The van der Waals surface area contributed by atoms with Crippen molar-refractivity contribution in [3.8, 4) is 6.07 Å². The standard InChI is InChI=1S/C21H21N3O4/c22-12-16(11-17-5-6-18(28-17)14-27-10-9-25)21(26)23-8-7-15-13-24-20-4-2-1-3-19(15)20/h1-6,11,13,24-25H,7-10,14H2,(H,23,26)/b16-11+. The molecule has 7 heteroatoms. The molecule has 0 aliphatic rings. The van der Waals surface area contributed by atoms with Crippen molar-refractivity contribution in [2.75, 3.05) is 19.8 Å². The number of benzene rings is 1. The van der Waals surface area contributed by atoms with E-state index in [9.17, 15) is 10.1 Å². The molecule has 0 saturated heterocycles. The first-order chi connectivity index (χ1) is 13.7. The predicted molar refractivity (Wildman–Crippen MR) is 104 cm³/mol.